The van der Waals surface area contributed by atoms with E-state index in [2.05, 4.69) is 32.8 Å². The van der Waals surface area contributed by atoms with Gasteiger partial charge >= 0.3 is 0 Å². The van der Waals surface area contributed by atoms with E-state index in [0.29, 0.717) is 5.92 Å². The Morgan fingerprint density at radius 2 is 2.16 bits per heavy atom. The molecule has 1 heterocycles. The van der Waals surface area contributed by atoms with Crippen molar-refractivity contribution in [2.75, 3.05) is 0 Å². The minimum atomic E-state index is -0.741. The third-order valence-corrected chi connectivity index (χ3v) is 6.09. The maximum Gasteiger partial charge on any atom is 0.117 e. The molecule has 1 N–H and O–H groups in total. The Kier molecular flexibility index (Phi) is 2.66. The minimum absolute atomic E-state index is 0.00664. The standard InChI is InChI=1S/C16H26N2O/c1-5-10-18-13(7-9-17-18)16(19)14(2,3)12-6-8-15(16,4)11-12/h7,9,12,19H,5-6,8,10-11H2,1-4H3. The summed E-state index contributed by atoms with van der Waals surface area (Å²) in [5.41, 5.74) is 0.233. The summed E-state index contributed by atoms with van der Waals surface area (Å²) in [5, 5.41) is 16.1. The van der Waals surface area contributed by atoms with Gasteiger partial charge in [-0.1, -0.05) is 27.7 Å². The van der Waals surface area contributed by atoms with Crippen molar-refractivity contribution in [3.8, 4) is 0 Å². The summed E-state index contributed by atoms with van der Waals surface area (Å²) < 4.78 is 2.02. The van der Waals surface area contributed by atoms with Crippen LogP contribution in [0.2, 0.25) is 0 Å². The van der Waals surface area contributed by atoms with Crippen LogP contribution in [-0.2, 0) is 12.1 Å². The van der Waals surface area contributed by atoms with E-state index in [9.17, 15) is 5.11 Å². The summed E-state index contributed by atoms with van der Waals surface area (Å²) in [6, 6.07) is 2.03. The third-order valence-electron chi connectivity index (χ3n) is 6.09. The Labute approximate surface area is 116 Å². The Bertz CT molecular complexity index is 486. The highest BCUT2D eigenvalue weighted by Gasteiger charge is 2.70. The Morgan fingerprint density at radius 1 is 1.42 bits per heavy atom. The van der Waals surface area contributed by atoms with Crippen molar-refractivity contribution >= 4 is 0 Å². The van der Waals surface area contributed by atoms with Gasteiger partial charge in [-0.2, -0.15) is 5.10 Å². The molecule has 2 saturated carbocycles. The molecule has 3 atom stereocenters. The molecule has 1 aromatic rings. The molecule has 2 fully saturated rings. The predicted molar refractivity (Wildman–Crippen MR) is 75.6 cm³/mol. The van der Waals surface area contributed by atoms with E-state index in [-0.39, 0.29) is 10.8 Å². The summed E-state index contributed by atoms with van der Waals surface area (Å²) in [6.07, 6.45) is 6.43. The fourth-order valence-electron chi connectivity index (χ4n) is 4.93. The average molecular weight is 262 g/mol. The van der Waals surface area contributed by atoms with Crippen LogP contribution in [0.4, 0.5) is 0 Å². The van der Waals surface area contributed by atoms with Gasteiger partial charge < -0.3 is 5.11 Å². The molecule has 0 radical (unpaired) electrons. The maximum absolute atomic E-state index is 11.7. The molecule has 19 heavy (non-hydrogen) atoms. The Balaban J connectivity index is 2.13. The van der Waals surface area contributed by atoms with Crippen LogP contribution in [0.3, 0.4) is 0 Å². The number of rotatable bonds is 3. The van der Waals surface area contributed by atoms with Gasteiger partial charge in [-0.15, -0.1) is 0 Å². The van der Waals surface area contributed by atoms with Gasteiger partial charge in [0, 0.05) is 23.6 Å². The second-order valence-corrected chi connectivity index (χ2v) is 7.37. The van der Waals surface area contributed by atoms with E-state index in [1.807, 2.05) is 16.9 Å². The molecule has 0 aromatic carbocycles. The van der Waals surface area contributed by atoms with Crippen molar-refractivity contribution < 1.29 is 5.11 Å². The molecular weight excluding hydrogens is 236 g/mol. The molecule has 3 nitrogen and oxygen atoms in total. The second-order valence-electron chi connectivity index (χ2n) is 7.37. The average Bonchev–Trinajstić information content (AvgIpc) is 2.98. The first-order valence-corrected chi connectivity index (χ1v) is 7.61. The van der Waals surface area contributed by atoms with Crippen LogP contribution in [0, 0.1) is 16.7 Å². The van der Waals surface area contributed by atoms with Gasteiger partial charge in [0.05, 0.1) is 5.69 Å². The van der Waals surface area contributed by atoms with E-state index in [4.69, 9.17) is 0 Å². The number of aliphatic hydroxyl groups is 1. The first kappa shape index (κ1) is 13.2. The van der Waals surface area contributed by atoms with Crippen molar-refractivity contribution in [3.63, 3.8) is 0 Å². The largest absolute Gasteiger partial charge is 0.382 e. The molecule has 1 aromatic heterocycles. The summed E-state index contributed by atoms with van der Waals surface area (Å²) in [5.74, 6) is 0.632. The quantitative estimate of drug-likeness (QED) is 0.907. The van der Waals surface area contributed by atoms with Gasteiger partial charge in [-0.05, 0) is 37.7 Å². The van der Waals surface area contributed by atoms with Crippen molar-refractivity contribution in [2.45, 2.75) is 65.5 Å². The lowest BCUT2D eigenvalue weighted by Gasteiger charge is -2.50. The van der Waals surface area contributed by atoms with Gasteiger partial charge in [0.25, 0.3) is 0 Å². The van der Waals surface area contributed by atoms with E-state index < -0.39 is 5.60 Å². The van der Waals surface area contributed by atoms with Gasteiger partial charge in [-0.3, -0.25) is 4.68 Å². The summed E-state index contributed by atoms with van der Waals surface area (Å²) in [7, 11) is 0. The summed E-state index contributed by atoms with van der Waals surface area (Å²) in [4.78, 5) is 0. The zero-order chi connectivity index (χ0) is 13.9. The monoisotopic (exact) mass is 262 g/mol. The molecule has 2 aliphatic rings. The van der Waals surface area contributed by atoms with Crippen LogP contribution in [0.15, 0.2) is 12.3 Å². The molecule has 106 valence electrons. The van der Waals surface area contributed by atoms with Crippen molar-refractivity contribution in [1.82, 2.24) is 9.78 Å². The number of aromatic nitrogens is 2. The van der Waals surface area contributed by atoms with Crippen molar-refractivity contribution in [1.29, 1.82) is 0 Å². The molecule has 2 aliphatic carbocycles. The van der Waals surface area contributed by atoms with Crippen LogP contribution < -0.4 is 0 Å². The highest BCUT2D eigenvalue weighted by molar-refractivity contribution is 5.28. The summed E-state index contributed by atoms with van der Waals surface area (Å²) in [6.45, 7) is 9.80. The fourth-order valence-corrected chi connectivity index (χ4v) is 4.93. The highest BCUT2D eigenvalue weighted by Crippen LogP contribution is 2.71. The third kappa shape index (κ3) is 1.40. The molecule has 0 spiro atoms. The zero-order valence-corrected chi connectivity index (χ0v) is 12.6. The number of hydrogen-bond acceptors (Lipinski definition) is 2. The first-order chi connectivity index (χ1) is 8.87. The van der Waals surface area contributed by atoms with E-state index >= 15 is 0 Å². The lowest BCUT2D eigenvalue weighted by Crippen LogP contribution is -2.52. The van der Waals surface area contributed by atoms with Gasteiger partial charge in [0.15, 0.2) is 0 Å². The van der Waals surface area contributed by atoms with Crippen LogP contribution in [0.25, 0.3) is 0 Å². The second kappa shape index (κ2) is 3.85. The topological polar surface area (TPSA) is 38.0 Å². The van der Waals surface area contributed by atoms with Crippen LogP contribution >= 0.6 is 0 Å². The molecule has 0 aliphatic heterocycles. The molecule has 3 rings (SSSR count). The minimum Gasteiger partial charge on any atom is -0.382 e. The lowest BCUT2D eigenvalue weighted by molar-refractivity contribution is -0.156. The number of aryl methyl sites for hydroxylation is 1. The molecule has 2 bridgehead atoms. The Hall–Kier alpha value is -0.830. The van der Waals surface area contributed by atoms with Crippen LogP contribution in [0.5, 0.6) is 0 Å². The molecule has 0 saturated heterocycles. The van der Waals surface area contributed by atoms with Crippen molar-refractivity contribution in [2.24, 2.45) is 16.7 Å². The van der Waals surface area contributed by atoms with E-state index in [1.165, 1.54) is 6.42 Å². The number of fused-ring (bicyclic) bond motifs is 2. The SMILES string of the molecule is CCCn1nccc1C1(O)C2(C)CCC(C2)C1(C)C. The zero-order valence-electron chi connectivity index (χ0n) is 12.6. The number of hydrogen-bond donors (Lipinski definition) is 1. The van der Waals surface area contributed by atoms with E-state index in [0.717, 1.165) is 31.5 Å². The fraction of sp³-hybridized carbons (Fsp3) is 0.812. The Morgan fingerprint density at radius 3 is 2.74 bits per heavy atom. The molecule has 0 amide bonds. The van der Waals surface area contributed by atoms with Crippen LogP contribution in [0.1, 0.15) is 59.1 Å². The normalized spacial score (nSPS) is 39.9. The predicted octanol–water partition coefficient (Wildman–Crippen LogP) is 3.33. The molecule has 3 heteroatoms. The van der Waals surface area contributed by atoms with Gasteiger partial charge in [0.1, 0.15) is 5.60 Å². The van der Waals surface area contributed by atoms with Gasteiger partial charge in [-0.25, -0.2) is 0 Å². The molecule has 3 unspecified atom stereocenters. The first-order valence-electron chi connectivity index (χ1n) is 7.61. The van der Waals surface area contributed by atoms with E-state index in [1.54, 1.807) is 0 Å². The smallest absolute Gasteiger partial charge is 0.117 e. The highest BCUT2D eigenvalue weighted by atomic mass is 16.3. The number of nitrogens with zero attached hydrogens (tertiary/aromatic N) is 2. The summed E-state index contributed by atoms with van der Waals surface area (Å²) >= 11 is 0. The van der Waals surface area contributed by atoms with Gasteiger partial charge in [0.2, 0.25) is 0 Å². The lowest BCUT2D eigenvalue weighted by atomic mass is 9.59. The maximum atomic E-state index is 11.7. The molecular formula is C16H26N2O. The van der Waals surface area contributed by atoms with Crippen LogP contribution in [-0.4, -0.2) is 14.9 Å². The van der Waals surface area contributed by atoms with Crippen molar-refractivity contribution in [3.05, 3.63) is 18.0 Å².